The molecule has 0 fully saturated rings. The average molecular weight is 461 g/mol. The zero-order valence-corrected chi connectivity index (χ0v) is 18.3. The molecule has 0 spiro atoms. The van der Waals surface area contributed by atoms with E-state index in [1.54, 1.807) is 35.3 Å². The topological polar surface area (TPSA) is 136 Å². The van der Waals surface area contributed by atoms with Crippen molar-refractivity contribution in [2.75, 3.05) is 16.6 Å². The van der Waals surface area contributed by atoms with E-state index in [-0.39, 0.29) is 13.1 Å². The van der Waals surface area contributed by atoms with Gasteiger partial charge in [0.15, 0.2) is 5.65 Å². The molecule has 0 radical (unpaired) electrons. The summed E-state index contributed by atoms with van der Waals surface area (Å²) < 4.78 is 28.3. The van der Waals surface area contributed by atoms with Crippen molar-refractivity contribution in [3.05, 3.63) is 73.2 Å². The summed E-state index contributed by atoms with van der Waals surface area (Å²) in [5.41, 5.74) is 10.4. The molecule has 0 amide bonds. The van der Waals surface area contributed by atoms with Gasteiger partial charge in [0.1, 0.15) is 17.8 Å². The highest BCUT2D eigenvalue weighted by Gasteiger charge is 2.22. The van der Waals surface area contributed by atoms with Gasteiger partial charge in [-0.3, -0.25) is 4.31 Å². The summed E-state index contributed by atoms with van der Waals surface area (Å²) in [5.74, 6) is 0.296. The van der Waals surface area contributed by atoms with Gasteiger partial charge in [-0.25, -0.2) is 28.1 Å². The van der Waals surface area contributed by atoms with Crippen molar-refractivity contribution in [2.24, 2.45) is 0 Å². The minimum absolute atomic E-state index is 0.123. The van der Waals surface area contributed by atoms with E-state index in [0.29, 0.717) is 28.2 Å². The highest BCUT2D eigenvalue weighted by Crippen LogP contribution is 2.31. The molecule has 0 bridgehead atoms. The van der Waals surface area contributed by atoms with Gasteiger partial charge in [-0.2, -0.15) is 5.10 Å². The molecule has 0 atom stereocenters. The van der Waals surface area contributed by atoms with Gasteiger partial charge >= 0.3 is 0 Å². The number of fused-ring (bicyclic) bond motifs is 2. The van der Waals surface area contributed by atoms with E-state index in [1.165, 1.54) is 10.6 Å². The molecule has 166 valence electrons. The van der Waals surface area contributed by atoms with E-state index in [0.717, 1.165) is 22.0 Å². The Balaban J connectivity index is 1.57. The molecule has 33 heavy (non-hydrogen) atoms. The number of sulfonamides is 1. The SMILES string of the molecule is C=CS(=O)(=O)N(CCn1nc(-c2ccc3nc[nH]c3c2)c2c(N)ncnc21)c1ccccc1. The number of nitrogen functional groups attached to an aromatic ring is 1. The van der Waals surface area contributed by atoms with Gasteiger partial charge in [0.25, 0.3) is 10.0 Å². The fraction of sp³-hybridized carbons (Fsp3) is 0.0909. The van der Waals surface area contributed by atoms with Crippen LogP contribution >= 0.6 is 0 Å². The maximum atomic E-state index is 12.7. The second-order valence-electron chi connectivity index (χ2n) is 7.28. The van der Waals surface area contributed by atoms with Gasteiger partial charge < -0.3 is 10.7 Å². The van der Waals surface area contributed by atoms with Crippen molar-refractivity contribution < 1.29 is 8.42 Å². The molecule has 0 unspecified atom stereocenters. The highest BCUT2D eigenvalue weighted by molar-refractivity contribution is 7.95. The van der Waals surface area contributed by atoms with Gasteiger partial charge in [0, 0.05) is 11.0 Å². The molecule has 5 rings (SSSR count). The predicted molar refractivity (Wildman–Crippen MR) is 128 cm³/mol. The minimum Gasteiger partial charge on any atom is -0.383 e. The number of nitrogens with zero attached hydrogens (tertiary/aromatic N) is 6. The van der Waals surface area contributed by atoms with Crippen LogP contribution in [0.5, 0.6) is 0 Å². The molecular weight excluding hydrogens is 440 g/mol. The molecule has 3 heterocycles. The van der Waals surface area contributed by atoms with E-state index >= 15 is 0 Å². The van der Waals surface area contributed by atoms with Crippen LogP contribution in [0.1, 0.15) is 0 Å². The number of hydrogen-bond donors (Lipinski definition) is 2. The summed E-state index contributed by atoms with van der Waals surface area (Å²) in [6.07, 6.45) is 2.99. The number of rotatable bonds is 7. The Morgan fingerprint density at radius 3 is 2.73 bits per heavy atom. The highest BCUT2D eigenvalue weighted by atomic mass is 32.2. The van der Waals surface area contributed by atoms with Gasteiger partial charge in [-0.15, -0.1) is 0 Å². The van der Waals surface area contributed by atoms with Gasteiger partial charge in [-0.1, -0.05) is 30.8 Å². The third kappa shape index (κ3) is 3.68. The third-order valence-corrected chi connectivity index (χ3v) is 6.76. The largest absolute Gasteiger partial charge is 0.383 e. The second-order valence-corrected chi connectivity index (χ2v) is 9.09. The van der Waals surface area contributed by atoms with Crippen molar-refractivity contribution >= 4 is 43.6 Å². The first kappa shape index (κ1) is 20.6. The molecule has 3 N–H and O–H groups in total. The maximum Gasteiger partial charge on any atom is 0.256 e. The number of benzene rings is 2. The predicted octanol–water partition coefficient (Wildman–Crippen LogP) is 2.93. The molecule has 2 aromatic carbocycles. The van der Waals surface area contributed by atoms with Crippen LogP contribution in [0.3, 0.4) is 0 Å². The van der Waals surface area contributed by atoms with Crippen LogP contribution < -0.4 is 10.0 Å². The smallest absolute Gasteiger partial charge is 0.256 e. The summed E-state index contributed by atoms with van der Waals surface area (Å²) in [5, 5.41) is 6.28. The summed E-state index contributed by atoms with van der Waals surface area (Å²) in [6.45, 7) is 3.82. The number of para-hydroxylation sites is 1. The lowest BCUT2D eigenvalue weighted by molar-refractivity contribution is 0.588. The van der Waals surface area contributed by atoms with E-state index in [4.69, 9.17) is 10.8 Å². The quantitative estimate of drug-likeness (QED) is 0.381. The molecule has 0 aliphatic rings. The van der Waals surface area contributed by atoms with Crippen molar-refractivity contribution in [3.63, 3.8) is 0 Å². The van der Waals surface area contributed by atoms with Crippen molar-refractivity contribution in [3.8, 4) is 11.3 Å². The van der Waals surface area contributed by atoms with Crippen molar-refractivity contribution in [1.82, 2.24) is 29.7 Å². The Labute approximate surface area is 189 Å². The third-order valence-electron chi connectivity index (χ3n) is 5.33. The van der Waals surface area contributed by atoms with Crippen LogP contribution in [-0.2, 0) is 16.6 Å². The number of nitrogens with one attached hydrogen (secondary N) is 1. The molecule has 0 saturated carbocycles. The first-order chi connectivity index (χ1) is 16.0. The fourth-order valence-corrected chi connectivity index (χ4v) is 4.68. The second kappa shape index (κ2) is 8.02. The Kier molecular flexibility index (Phi) is 5.02. The molecule has 0 aliphatic carbocycles. The first-order valence-electron chi connectivity index (χ1n) is 10.1. The van der Waals surface area contributed by atoms with E-state index in [2.05, 4.69) is 26.5 Å². The van der Waals surface area contributed by atoms with Crippen LogP contribution in [0.2, 0.25) is 0 Å². The fourth-order valence-electron chi connectivity index (χ4n) is 3.74. The van der Waals surface area contributed by atoms with E-state index in [1.807, 2.05) is 24.3 Å². The van der Waals surface area contributed by atoms with E-state index < -0.39 is 10.0 Å². The summed E-state index contributed by atoms with van der Waals surface area (Å²) in [6, 6.07) is 14.6. The van der Waals surface area contributed by atoms with Crippen molar-refractivity contribution in [1.29, 1.82) is 0 Å². The molecule has 0 aliphatic heterocycles. The van der Waals surface area contributed by atoms with Crippen LogP contribution in [0.4, 0.5) is 11.5 Å². The van der Waals surface area contributed by atoms with Crippen LogP contribution in [0, 0.1) is 0 Å². The molecule has 0 saturated heterocycles. The number of nitrogens with two attached hydrogens (primary N) is 1. The monoisotopic (exact) mass is 460 g/mol. The number of aromatic amines is 1. The number of imidazole rings is 1. The average Bonchev–Trinajstić information content (AvgIpc) is 3.45. The normalized spacial score (nSPS) is 11.8. The molecular formula is C22H20N8O2S. The van der Waals surface area contributed by atoms with Gasteiger partial charge in [-0.05, 0) is 24.3 Å². The number of hydrogen-bond acceptors (Lipinski definition) is 7. The van der Waals surface area contributed by atoms with Gasteiger partial charge in [0.2, 0.25) is 0 Å². The lowest BCUT2D eigenvalue weighted by atomic mass is 10.1. The number of aromatic nitrogens is 6. The Bertz CT molecular complexity index is 1570. The zero-order chi connectivity index (χ0) is 23.0. The Morgan fingerprint density at radius 1 is 1.12 bits per heavy atom. The molecule has 3 aromatic heterocycles. The van der Waals surface area contributed by atoms with Crippen LogP contribution in [0.15, 0.2) is 73.2 Å². The lowest BCUT2D eigenvalue weighted by Crippen LogP contribution is -2.32. The summed E-state index contributed by atoms with van der Waals surface area (Å²) in [4.78, 5) is 15.8. The standard InChI is InChI=1S/C22H20N8O2S/c1-2-33(31,32)30(16-6-4-3-5-7-16)11-10-29-22-19(21(23)26-14-27-22)20(28-29)15-8-9-17-18(12-15)25-13-24-17/h2-9,12-14H,1,10-11H2,(H,24,25)(H2,23,26,27). The lowest BCUT2D eigenvalue weighted by Gasteiger charge is -2.22. The minimum atomic E-state index is -3.72. The number of H-pyrrole nitrogens is 1. The van der Waals surface area contributed by atoms with Crippen LogP contribution in [-0.4, -0.2) is 44.7 Å². The van der Waals surface area contributed by atoms with E-state index in [9.17, 15) is 8.42 Å². The molecule has 5 aromatic rings. The maximum absolute atomic E-state index is 12.7. The summed E-state index contributed by atoms with van der Waals surface area (Å²) in [7, 11) is -3.72. The number of anilines is 2. The van der Waals surface area contributed by atoms with Gasteiger partial charge in [0.05, 0.1) is 41.5 Å². The Hall–Kier alpha value is -4.25. The van der Waals surface area contributed by atoms with Crippen molar-refractivity contribution in [2.45, 2.75) is 6.54 Å². The first-order valence-corrected chi connectivity index (χ1v) is 11.6. The zero-order valence-electron chi connectivity index (χ0n) is 17.5. The summed E-state index contributed by atoms with van der Waals surface area (Å²) >= 11 is 0. The molecule has 11 heteroatoms. The molecule has 10 nitrogen and oxygen atoms in total. The Morgan fingerprint density at radius 2 is 1.94 bits per heavy atom. The van der Waals surface area contributed by atoms with Crippen LogP contribution in [0.25, 0.3) is 33.3 Å².